The van der Waals surface area contributed by atoms with Crippen LogP contribution in [0.5, 0.6) is 0 Å². The second kappa shape index (κ2) is 3.83. The molecule has 0 aromatic rings. The van der Waals surface area contributed by atoms with E-state index in [0.29, 0.717) is 6.42 Å². The van der Waals surface area contributed by atoms with Gasteiger partial charge in [-0.1, -0.05) is 0 Å². The Labute approximate surface area is 90.6 Å². The molecule has 0 bridgehead atoms. The van der Waals surface area contributed by atoms with Gasteiger partial charge in [0.05, 0.1) is 12.6 Å². The second-order valence-corrected chi connectivity index (χ2v) is 5.07. The van der Waals surface area contributed by atoms with E-state index in [1.807, 2.05) is 20.8 Å². The Morgan fingerprint density at radius 2 is 2.00 bits per heavy atom. The Bertz CT molecular complexity index is 263. The maximum atomic E-state index is 11.7. The van der Waals surface area contributed by atoms with Gasteiger partial charge in [0.2, 0.25) is 0 Å². The molecule has 0 radical (unpaired) electrons. The van der Waals surface area contributed by atoms with E-state index in [4.69, 9.17) is 4.74 Å². The summed E-state index contributed by atoms with van der Waals surface area (Å²) >= 11 is 0. The first kappa shape index (κ1) is 12.0. The van der Waals surface area contributed by atoms with E-state index in [-0.39, 0.29) is 17.2 Å². The van der Waals surface area contributed by atoms with Gasteiger partial charge in [-0.05, 0) is 33.6 Å². The molecule has 15 heavy (non-hydrogen) atoms. The molecule has 1 saturated carbocycles. The monoisotopic (exact) mass is 213 g/mol. The third kappa shape index (κ3) is 2.30. The molecular weight excluding hydrogens is 194 g/mol. The molecule has 0 atom stereocenters. The number of carbonyl (C=O) groups excluding carboxylic acids is 2. The second-order valence-electron chi connectivity index (χ2n) is 5.07. The minimum absolute atomic E-state index is 0.285. The van der Waals surface area contributed by atoms with Crippen LogP contribution in [0.2, 0.25) is 0 Å². The smallest absolute Gasteiger partial charge is 0.410 e. The zero-order valence-corrected chi connectivity index (χ0v) is 9.87. The third-order valence-electron chi connectivity index (χ3n) is 2.79. The minimum Gasteiger partial charge on any atom is -0.453 e. The lowest BCUT2D eigenvalue weighted by atomic mass is 10.0. The molecule has 0 spiro atoms. The van der Waals surface area contributed by atoms with Crippen molar-refractivity contribution in [3.8, 4) is 0 Å². The standard InChI is InChI=1S/C11H19NO3/c1-10(2,3)12(9(14)15-4)11(5-6-11)7-8-13/h8H,5-7H2,1-4H3. The van der Waals surface area contributed by atoms with Crippen LogP contribution in [0.4, 0.5) is 4.79 Å². The van der Waals surface area contributed by atoms with E-state index in [2.05, 4.69) is 0 Å². The summed E-state index contributed by atoms with van der Waals surface area (Å²) < 4.78 is 4.78. The number of rotatable bonds is 3. The quantitative estimate of drug-likeness (QED) is 0.673. The molecule has 0 heterocycles. The van der Waals surface area contributed by atoms with Crippen molar-refractivity contribution in [1.29, 1.82) is 0 Å². The van der Waals surface area contributed by atoms with Crippen molar-refractivity contribution in [2.75, 3.05) is 7.11 Å². The lowest BCUT2D eigenvalue weighted by molar-refractivity contribution is -0.109. The molecule has 86 valence electrons. The molecule has 0 aliphatic heterocycles. The van der Waals surface area contributed by atoms with E-state index in [1.54, 1.807) is 4.90 Å². The van der Waals surface area contributed by atoms with E-state index in [0.717, 1.165) is 19.1 Å². The Hall–Kier alpha value is -1.06. The summed E-state index contributed by atoms with van der Waals surface area (Å²) in [5, 5.41) is 0. The fraction of sp³-hybridized carbons (Fsp3) is 0.818. The molecule has 1 amide bonds. The summed E-state index contributed by atoms with van der Waals surface area (Å²) in [7, 11) is 1.37. The lowest BCUT2D eigenvalue weighted by Crippen LogP contribution is -2.53. The Morgan fingerprint density at radius 1 is 1.47 bits per heavy atom. The van der Waals surface area contributed by atoms with Gasteiger partial charge in [-0.3, -0.25) is 4.90 Å². The SMILES string of the molecule is COC(=O)N(C(C)(C)C)C1(CC=O)CC1. The fourth-order valence-electron chi connectivity index (χ4n) is 2.09. The average Bonchev–Trinajstić information content (AvgIpc) is 2.83. The van der Waals surface area contributed by atoms with Gasteiger partial charge < -0.3 is 9.53 Å². The number of ether oxygens (including phenoxy) is 1. The van der Waals surface area contributed by atoms with Crippen molar-refractivity contribution in [3.05, 3.63) is 0 Å². The van der Waals surface area contributed by atoms with Crippen LogP contribution in [-0.2, 0) is 9.53 Å². The highest BCUT2D eigenvalue weighted by atomic mass is 16.5. The number of amides is 1. The molecule has 0 aromatic carbocycles. The van der Waals surface area contributed by atoms with Crippen molar-refractivity contribution in [2.45, 2.75) is 51.1 Å². The summed E-state index contributed by atoms with van der Waals surface area (Å²) in [5.41, 5.74) is -0.598. The number of hydrogen-bond acceptors (Lipinski definition) is 3. The summed E-state index contributed by atoms with van der Waals surface area (Å²) in [6, 6.07) is 0. The van der Waals surface area contributed by atoms with Gasteiger partial charge in [-0.15, -0.1) is 0 Å². The van der Waals surface area contributed by atoms with Crippen LogP contribution in [0.15, 0.2) is 0 Å². The summed E-state index contributed by atoms with van der Waals surface area (Å²) in [4.78, 5) is 24.0. The highest BCUT2D eigenvalue weighted by molar-refractivity contribution is 5.71. The maximum absolute atomic E-state index is 11.7. The number of aldehydes is 1. The molecular formula is C11H19NO3. The molecule has 4 heteroatoms. The van der Waals surface area contributed by atoms with Crippen LogP contribution in [0.1, 0.15) is 40.0 Å². The zero-order valence-electron chi connectivity index (χ0n) is 9.87. The molecule has 0 saturated heterocycles. The normalized spacial score (nSPS) is 18.1. The summed E-state index contributed by atoms with van der Waals surface area (Å²) in [6.45, 7) is 5.86. The molecule has 1 fully saturated rings. The molecule has 1 aliphatic carbocycles. The fourth-order valence-corrected chi connectivity index (χ4v) is 2.09. The third-order valence-corrected chi connectivity index (χ3v) is 2.79. The highest BCUT2D eigenvalue weighted by Gasteiger charge is 2.54. The first-order valence-electron chi connectivity index (χ1n) is 5.19. The van der Waals surface area contributed by atoms with E-state index in [9.17, 15) is 9.59 Å². The van der Waals surface area contributed by atoms with Gasteiger partial charge in [0.15, 0.2) is 0 Å². The van der Waals surface area contributed by atoms with Crippen LogP contribution in [-0.4, -0.2) is 35.5 Å². The van der Waals surface area contributed by atoms with Gasteiger partial charge >= 0.3 is 6.09 Å². The molecule has 0 unspecified atom stereocenters. The molecule has 1 aliphatic rings. The first-order chi connectivity index (χ1) is 6.87. The Morgan fingerprint density at radius 3 is 2.27 bits per heavy atom. The Kier molecular flexibility index (Phi) is 3.07. The predicted octanol–water partition coefficient (Wildman–Crippen LogP) is 1.97. The van der Waals surface area contributed by atoms with Gasteiger partial charge in [0.1, 0.15) is 6.29 Å². The predicted molar refractivity (Wildman–Crippen MR) is 56.6 cm³/mol. The van der Waals surface area contributed by atoms with Crippen LogP contribution >= 0.6 is 0 Å². The van der Waals surface area contributed by atoms with Crippen molar-refractivity contribution in [3.63, 3.8) is 0 Å². The maximum Gasteiger partial charge on any atom is 0.410 e. The van der Waals surface area contributed by atoms with Crippen molar-refractivity contribution in [2.24, 2.45) is 0 Å². The van der Waals surface area contributed by atoms with Crippen LogP contribution in [0.3, 0.4) is 0 Å². The van der Waals surface area contributed by atoms with Crippen molar-refractivity contribution >= 4 is 12.4 Å². The van der Waals surface area contributed by atoms with E-state index >= 15 is 0 Å². The molecule has 1 rings (SSSR count). The number of carbonyl (C=O) groups is 2. The minimum atomic E-state index is -0.346. The number of hydrogen-bond donors (Lipinski definition) is 0. The first-order valence-corrected chi connectivity index (χ1v) is 5.19. The number of methoxy groups -OCH3 is 1. The molecule has 4 nitrogen and oxygen atoms in total. The van der Waals surface area contributed by atoms with Crippen LogP contribution in [0, 0.1) is 0 Å². The van der Waals surface area contributed by atoms with Crippen LogP contribution in [0.25, 0.3) is 0 Å². The largest absolute Gasteiger partial charge is 0.453 e. The van der Waals surface area contributed by atoms with Gasteiger partial charge in [0, 0.05) is 12.0 Å². The van der Waals surface area contributed by atoms with Crippen molar-refractivity contribution < 1.29 is 14.3 Å². The molecule has 0 N–H and O–H groups in total. The van der Waals surface area contributed by atoms with Gasteiger partial charge in [0.25, 0.3) is 0 Å². The molecule has 0 aromatic heterocycles. The summed E-state index contributed by atoms with van der Waals surface area (Å²) in [6.07, 6.45) is 2.71. The average molecular weight is 213 g/mol. The van der Waals surface area contributed by atoms with Crippen LogP contribution < -0.4 is 0 Å². The van der Waals surface area contributed by atoms with Crippen molar-refractivity contribution in [1.82, 2.24) is 4.90 Å². The summed E-state index contributed by atoms with van der Waals surface area (Å²) in [5.74, 6) is 0. The highest BCUT2D eigenvalue weighted by Crippen LogP contribution is 2.47. The van der Waals surface area contributed by atoms with E-state index < -0.39 is 0 Å². The number of nitrogens with zero attached hydrogens (tertiary/aromatic N) is 1. The van der Waals surface area contributed by atoms with E-state index in [1.165, 1.54) is 7.11 Å². The zero-order chi connectivity index (χ0) is 11.7. The topological polar surface area (TPSA) is 46.6 Å². The Balaban J connectivity index is 2.91. The lowest BCUT2D eigenvalue weighted by Gasteiger charge is -2.40. The van der Waals surface area contributed by atoms with Gasteiger partial charge in [-0.2, -0.15) is 0 Å². The van der Waals surface area contributed by atoms with Gasteiger partial charge in [-0.25, -0.2) is 4.79 Å².